The highest BCUT2D eigenvalue weighted by Gasteiger charge is 2.18. The second kappa shape index (κ2) is 4.69. The Kier molecular flexibility index (Phi) is 3.04. The van der Waals surface area contributed by atoms with E-state index in [0.717, 1.165) is 23.7 Å². The summed E-state index contributed by atoms with van der Waals surface area (Å²) in [5.74, 6) is 0.807. The first-order chi connectivity index (χ1) is 8.72. The average Bonchev–Trinajstić information content (AvgIpc) is 2.38. The highest BCUT2D eigenvalue weighted by atomic mass is 14.9. The van der Waals surface area contributed by atoms with Gasteiger partial charge in [0.25, 0.3) is 0 Å². The third-order valence-corrected chi connectivity index (χ3v) is 3.92. The third-order valence-electron chi connectivity index (χ3n) is 3.92. The average molecular weight is 240 g/mol. The van der Waals surface area contributed by atoms with Gasteiger partial charge in [-0.05, 0) is 49.9 Å². The molecule has 2 heterocycles. The number of hydrogen-bond acceptors (Lipinski definition) is 2. The largest absolute Gasteiger partial charge is 0.310 e. The Morgan fingerprint density at radius 2 is 2.00 bits per heavy atom. The number of pyridine rings is 1. The third kappa shape index (κ3) is 2.25. The summed E-state index contributed by atoms with van der Waals surface area (Å²) in [7, 11) is 0. The predicted octanol–water partition coefficient (Wildman–Crippen LogP) is 3.60. The number of benzene rings is 1. The van der Waals surface area contributed by atoms with Gasteiger partial charge in [-0.2, -0.15) is 0 Å². The molecule has 0 amide bonds. The Labute approximate surface area is 108 Å². The Bertz CT molecular complexity index is 554. The minimum absolute atomic E-state index is 0.507. The zero-order valence-electron chi connectivity index (χ0n) is 11.1. The van der Waals surface area contributed by atoms with Crippen LogP contribution in [-0.2, 0) is 0 Å². The number of aryl methyl sites for hydroxylation is 1. The molecular formula is C16H20N2. The van der Waals surface area contributed by atoms with Crippen LogP contribution in [0.15, 0.2) is 30.3 Å². The molecule has 0 aliphatic carbocycles. The van der Waals surface area contributed by atoms with E-state index < -0.39 is 0 Å². The van der Waals surface area contributed by atoms with Crippen LogP contribution >= 0.6 is 0 Å². The fraction of sp³-hybridized carbons (Fsp3) is 0.438. The number of fused-ring (bicyclic) bond motifs is 1. The van der Waals surface area contributed by atoms with Gasteiger partial charge in [0.1, 0.15) is 0 Å². The molecule has 0 bridgehead atoms. The van der Waals surface area contributed by atoms with Crippen LogP contribution in [-0.4, -0.2) is 11.5 Å². The van der Waals surface area contributed by atoms with Crippen molar-refractivity contribution in [2.45, 2.75) is 32.7 Å². The SMILES string of the molecule is Cc1ccc2ccc([C@H]3CC[C@H](C)CN3)cc2n1. The van der Waals surface area contributed by atoms with E-state index in [1.165, 1.54) is 23.8 Å². The molecule has 0 saturated carbocycles. The van der Waals surface area contributed by atoms with Crippen LogP contribution in [0.3, 0.4) is 0 Å². The zero-order chi connectivity index (χ0) is 12.5. The molecule has 0 spiro atoms. The van der Waals surface area contributed by atoms with Crippen LogP contribution in [0.4, 0.5) is 0 Å². The predicted molar refractivity (Wildman–Crippen MR) is 75.6 cm³/mol. The summed E-state index contributed by atoms with van der Waals surface area (Å²) in [5.41, 5.74) is 3.59. The highest BCUT2D eigenvalue weighted by molar-refractivity contribution is 5.79. The highest BCUT2D eigenvalue weighted by Crippen LogP contribution is 2.27. The Hall–Kier alpha value is -1.41. The summed E-state index contributed by atoms with van der Waals surface area (Å²) < 4.78 is 0. The van der Waals surface area contributed by atoms with E-state index in [0.29, 0.717) is 6.04 Å². The van der Waals surface area contributed by atoms with E-state index in [2.05, 4.69) is 47.6 Å². The lowest BCUT2D eigenvalue weighted by Gasteiger charge is -2.28. The quantitative estimate of drug-likeness (QED) is 0.823. The van der Waals surface area contributed by atoms with Gasteiger partial charge in [-0.3, -0.25) is 4.98 Å². The first-order valence-electron chi connectivity index (χ1n) is 6.83. The van der Waals surface area contributed by atoms with Crippen molar-refractivity contribution in [2.24, 2.45) is 5.92 Å². The molecule has 2 heteroatoms. The van der Waals surface area contributed by atoms with Crippen molar-refractivity contribution in [3.05, 3.63) is 41.6 Å². The van der Waals surface area contributed by atoms with Crippen LogP contribution in [0.25, 0.3) is 10.9 Å². The van der Waals surface area contributed by atoms with E-state index in [9.17, 15) is 0 Å². The molecule has 94 valence electrons. The molecule has 1 N–H and O–H groups in total. The van der Waals surface area contributed by atoms with Gasteiger partial charge in [-0.25, -0.2) is 0 Å². The lowest BCUT2D eigenvalue weighted by atomic mass is 9.91. The van der Waals surface area contributed by atoms with E-state index >= 15 is 0 Å². The van der Waals surface area contributed by atoms with Gasteiger partial charge in [0.2, 0.25) is 0 Å². The Morgan fingerprint density at radius 1 is 1.17 bits per heavy atom. The van der Waals surface area contributed by atoms with Crippen molar-refractivity contribution in [3.63, 3.8) is 0 Å². The van der Waals surface area contributed by atoms with Gasteiger partial charge in [0.15, 0.2) is 0 Å². The van der Waals surface area contributed by atoms with E-state index in [-0.39, 0.29) is 0 Å². The summed E-state index contributed by atoms with van der Waals surface area (Å²) in [6.07, 6.45) is 2.55. The molecule has 1 saturated heterocycles. The normalized spacial score (nSPS) is 24.3. The topological polar surface area (TPSA) is 24.9 Å². The number of piperidine rings is 1. The van der Waals surface area contributed by atoms with Crippen molar-refractivity contribution in [2.75, 3.05) is 6.54 Å². The molecule has 1 aromatic heterocycles. The van der Waals surface area contributed by atoms with Gasteiger partial charge in [-0.1, -0.05) is 25.1 Å². The summed E-state index contributed by atoms with van der Waals surface area (Å²) in [6, 6.07) is 11.4. The maximum Gasteiger partial charge on any atom is 0.0708 e. The smallest absolute Gasteiger partial charge is 0.0708 e. The molecule has 1 aliphatic rings. The fourth-order valence-electron chi connectivity index (χ4n) is 2.74. The van der Waals surface area contributed by atoms with Gasteiger partial charge in [0, 0.05) is 17.1 Å². The minimum atomic E-state index is 0.507. The molecule has 2 aromatic rings. The first kappa shape index (κ1) is 11.7. The van der Waals surface area contributed by atoms with Crippen LogP contribution < -0.4 is 5.32 Å². The van der Waals surface area contributed by atoms with Gasteiger partial charge in [0.05, 0.1) is 5.52 Å². The van der Waals surface area contributed by atoms with Crippen molar-refractivity contribution >= 4 is 10.9 Å². The lowest BCUT2D eigenvalue weighted by Crippen LogP contribution is -2.31. The van der Waals surface area contributed by atoms with Crippen molar-refractivity contribution in [3.8, 4) is 0 Å². The molecule has 1 aromatic carbocycles. The van der Waals surface area contributed by atoms with Crippen LogP contribution in [0.2, 0.25) is 0 Å². The molecule has 1 fully saturated rings. The summed E-state index contributed by atoms with van der Waals surface area (Å²) in [4.78, 5) is 4.62. The Morgan fingerprint density at radius 3 is 2.78 bits per heavy atom. The van der Waals surface area contributed by atoms with Gasteiger partial charge >= 0.3 is 0 Å². The number of nitrogens with zero attached hydrogens (tertiary/aromatic N) is 1. The van der Waals surface area contributed by atoms with E-state index in [4.69, 9.17) is 0 Å². The van der Waals surface area contributed by atoms with E-state index in [1.54, 1.807) is 0 Å². The molecular weight excluding hydrogens is 220 g/mol. The monoisotopic (exact) mass is 240 g/mol. The van der Waals surface area contributed by atoms with Crippen molar-refractivity contribution in [1.82, 2.24) is 10.3 Å². The number of nitrogens with one attached hydrogen (secondary N) is 1. The number of aromatic nitrogens is 1. The maximum absolute atomic E-state index is 4.62. The Balaban J connectivity index is 1.92. The summed E-state index contributed by atoms with van der Waals surface area (Å²) in [5, 5.41) is 4.87. The maximum atomic E-state index is 4.62. The molecule has 18 heavy (non-hydrogen) atoms. The van der Waals surface area contributed by atoms with Crippen LogP contribution in [0, 0.1) is 12.8 Å². The molecule has 2 nitrogen and oxygen atoms in total. The number of rotatable bonds is 1. The van der Waals surface area contributed by atoms with Gasteiger partial charge in [-0.15, -0.1) is 0 Å². The first-order valence-corrected chi connectivity index (χ1v) is 6.83. The van der Waals surface area contributed by atoms with Gasteiger partial charge < -0.3 is 5.32 Å². The minimum Gasteiger partial charge on any atom is -0.310 e. The second-order valence-corrected chi connectivity index (χ2v) is 5.55. The molecule has 2 atom stereocenters. The van der Waals surface area contributed by atoms with Crippen LogP contribution in [0.1, 0.15) is 37.1 Å². The fourth-order valence-corrected chi connectivity index (χ4v) is 2.74. The standard InChI is InChI=1S/C16H20N2/c1-11-3-8-15(17-10-11)14-7-6-13-5-4-12(2)18-16(13)9-14/h4-7,9,11,15,17H,3,8,10H2,1-2H3/t11-,15+/m0/s1. The second-order valence-electron chi connectivity index (χ2n) is 5.55. The molecule has 1 aliphatic heterocycles. The summed E-state index contributed by atoms with van der Waals surface area (Å²) in [6.45, 7) is 5.49. The lowest BCUT2D eigenvalue weighted by molar-refractivity contribution is 0.333. The zero-order valence-corrected chi connectivity index (χ0v) is 11.1. The van der Waals surface area contributed by atoms with E-state index in [1.807, 2.05) is 6.92 Å². The van der Waals surface area contributed by atoms with Crippen LogP contribution in [0.5, 0.6) is 0 Å². The summed E-state index contributed by atoms with van der Waals surface area (Å²) >= 11 is 0. The molecule has 0 unspecified atom stereocenters. The van der Waals surface area contributed by atoms with Crippen molar-refractivity contribution in [1.29, 1.82) is 0 Å². The molecule has 0 radical (unpaired) electrons. The number of hydrogen-bond donors (Lipinski definition) is 1. The molecule has 3 rings (SSSR count). The van der Waals surface area contributed by atoms with Crippen molar-refractivity contribution < 1.29 is 0 Å².